The zero-order chi connectivity index (χ0) is 18.4. The fourth-order valence-corrected chi connectivity index (χ4v) is 4.45. The van der Waals surface area contributed by atoms with E-state index in [1.807, 2.05) is 54.3 Å². The van der Waals surface area contributed by atoms with E-state index in [1.54, 1.807) is 0 Å². The number of benzene rings is 2. The number of fused-ring (bicyclic) bond motifs is 1. The predicted octanol–water partition coefficient (Wildman–Crippen LogP) is 4.00. The van der Waals surface area contributed by atoms with Crippen LogP contribution in [0.15, 0.2) is 42.5 Å². The lowest BCUT2D eigenvalue weighted by Gasteiger charge is -2.50. The third-order valence-electron chi connectivity index (χ3n) is 5.89. The minimum absolute atomic E-state index is 0.0882. The minimum Gasteiger partial charge on any atom is -0.478 e. The fraction of sp³-hybridized carbons (Fsp3) is 0.409. The normalized spacial score (nSPS) is 24.2. The minimum atomic E-state index is -0.493. The number of β-lactam (4-membered cyclic amide) rings is 1. The van der Waals surface area contributed by atoms with Crippen molar-refractivity contribution in [1.29, 1.82) is 0 Å². The van der Waals surface area contributed by atoms with Gasteiger partial charge in [0.05, 0.1) is 0 Å². The second-order valence-corrected chi connectivity index (χ2v) is 7.55. The van der Waals surface area contributed by atoms with Gasteiger partial charge in [-0.15, -0.1) is 0 Å². The van der Waals surface area contributed by atoms with Crippen LogP contribution in [-0.4, -0.2) is 29.7 Å². The van der Waals surface area contributed by atoms with E-state index in [-0.39, 0.29) is 18.7 Å². The second kappa shape index (κ2) is 6.48. The molecule has 0 spiro atoms. The van der Waals surface area contributed by atoms with Gasteiger partial charge in [-0.3, -0.25) is 4.79 Å². The maximum Gasteiger partial charge on any atom is 0.267 e. The van der Waals surface area contributed by atoms with Crippen LogP contribution in [0.2, 0.25) is 0 Å². The number of carbonyl (C=O) groups excluding carboxylic acids is 1. The lowest BCUT2D eigenvalue weighted by Crippen LogP contribution is -2.64. The monoisotopic (exact) mass is 365 g/mol. The smallest absolute Gasteiger partial charge is 0.267 e. The number of hydrogen-bond donors (Lipinski definition) is 0. The summed E-state index contributed by atoms with van der Waals surface area (Å²) >= 11 is 0. The van der Waals surface area contributed by atoms with E-state index >= 15 is 0 Å². The van der Waals surface area contributed by atoms with Crippen LogP contribution < -0.4 is 14.2 Å². The molecule has 1 saturated heterocycles. The third-order valence-corrected chi connectivity index (χ3v) is 5.89. The molecule has 2 heterocycles. The van der Waals surface area contributed by atoms with Gasteiger partial charge in [0, 0.05) is 6.04 Å². The van der Waals surface area contributed by atoms with Crippen molar-refractivity contribution >= 4 is 5.91 Å². The molecule has 5 rings (SSSR count). The number of rotatable bonds is 4. The van der Waals surface area contributed by atoms with Crippen LogP contribution in [0, 0.1) is 6.92 Å². The number of hydrogen-bond acceptors (Lipinski definition) is 4. The SMILES string of the molecule is Cc1ccccc1OC1C(=O)N(C2CCCC2)C1c1ccc2c(c1)OCO2. The Morgan fingerprint density at radius 1 is 1.04 bits per heavy atom. The lowest BCUT2D eigenvalue weighted by atomic mass is 9.87. The van der Waals surface area contributed by atoms with E-state index < -0.39 is 6.10 Å². The standard InChI is InChI=1S/C22H23NO4/c1-14-6-2-5-9-17(14)27-21-20(23(22(21)24)16-7-3-4-8-16)15-10-11-18-19(12-15)26-13-25-18/h2,5-6,9-12,16,20-21H,3-4,7-8,13H2,1H3. The zero-order valence-electron chi connectivity index (χ0n) is 15.4. The molecule has 140 valence electrons. The molecular formula is C22H23NO4. The highest BCUT2D eigenvalue weighted by molar-refractivity contribution is 5.89. The first kappa shape index (κ1) is 16.5. The van der Waals surface area contributed by atoms with E-state index in [0.717, 1.165) is 41.2 Å². The third kappa shape index (κ3) is 2.73. The topological polar surface area (TPSA) is 48.0 Å². The molecule has 2 aromatic carbocycles. The molecule has 2 unspecified atom stereocenters. The van der Waals surface area contributed by atoms with Gasteiger partial charge in [0.15, 0.2) is 11.5 Å². The van der Waals surface area contributed by atoms with Crippen LogP contribution in [-0.2, 0) is 4.79 Å². The van der Waals surface area contributed by atoms with Gasteiger partial charge in [-0.05, 0) is 49.1 Å². The number of ether oxygens (including phenoxy) is 3. The maximum absolute atomic E-state index is 13.0. The van der Waals surface area contributed by atoms with Crippen LogP contribution in [0.5, 0.6) is 17.2 Å². The average Bonchev–Trinajstić information content (AvgIpc) is 3.36. The molecule has 1 amide bonds. The van der Waals surface area contributed by atoms with Gasteiger partial charge in [0.2, 0.25) is 12.9 Å². The van der Waals surface area contributed by atoms with Gasteiger partial charge in [-0.1, -0.05) is 37.1 Å². The molecule has 5 nitrogen and oxygen atoms in total. The molecule has 2 atom stereocenters. The molecule has 27 heavy (non-hydrogen) atoms. The molecule has 0 bridgehead atoms. The van der Waals surface area contributed by atoms with Crippen LogP contribution in [0.4, 0.5) is 0 Å². The Morgan fingerprint density at radius 2 is 1.81 bits per heavy atom. The summed E-state index contributed by atoms with van der Waals surface area (Å²) in [6.45, 7) is 2.25. The van der Waals surface area contributed by atoms with E-state index in [0.29, 0.717) is 6.04 Å². The number of aryl methyl sites for hydroxylation is 1. The van der Waals surface area contributed by atoms with E-state index in [2.05, 4.69) is 0 Å². The van der Waals surface area contributed by atoms with Gasteiger partial charge in [0.25, 0.3) is 5.91 Å². The molecule has 1 aliphatic carbocycles. The molecule has 3 aliphatic rings. The summed E-state index contributed by atoms with van der Waals surface area (Å²) in [6, 6.07) is 14.0. The van der Waals surface area contributed by atoms with Gasteiger partial charge in [-0.25, -0.2) is 0 Å². The van der Waals surface area contributed by atoms with Crippen molar-refractivity contribution in [1.82, 2.24) is 4.90 Å². The highest BCUT2D eigenvalue weighted by Crippen LogP contribution is 2.45. The van der Waals surface area contributed by atoms with Gasteiger partial charge in [0.1, 0.15) is 11.8 Å². The van der Waals surface area contributed by atoms with Crippen LogP contribution >= 0.6 is 0 Å². The van der Waals surface area contributed by atoms with Crippen molar-refractivity contribution in [2.75, 3.05) is 6.79 Å². The Bertz CT molecular complexity index is 874. The van der Waals surface area contributed by atoms with E-state index in [9.17, 15) is 4.79 Å². The number of carbonyl (C=O) groups is 1. The Labute approximate surface area is 158 Å². The summed E-state index contributed by atoms with van der Waals surface area (Å²) in [6.07, 6.45) is 4.03. The van der Waals surface area contributed by atoms with Crippen molar-refractivity contribution in [2.24, 2.45) is 0 Å². The van der Waals surface area contributed by atoms with E-state index in [1.165, 1.54) is 12.8 Å². The van der Waals surface area contributed by atoms with Crippen LogP contribution in [0.1, 0.15) is 42.9 Å². The maximum atomic E-state index is 13.0. The van der Waals surface area contributed by atoms with Crippen LogP contribution in [0.3, 0.4) is 0 Å². The summed E-state index contributed by atoms with van der Waals surface area (Å²) in [7, 11) is 0. The number of para-hydroxylation sites is 1. The predicted molar refractivity (Wildman–Crippen MR) is 100 cm³/mol. The van der Waals surface area contributed by atoms with E-state index in [4.69, 9.17) is 14.2 Å². The quantitative estimate of drug-likeness (QED) is 0.769. The average molecular weight is 365 g/mol. The Kier molecular flexibility index (Phi) is 3.96. The van der Waals surface area contributed by atoms with Gasteiger partial charge >= 0.3 is 0 Å². The van der Waals surface area contributed by atoms with Crippen molar-refractivity contribution in [3.63, 3.8) is 0 Å². The van der Waals surface area contributed by atoms with Crippen molar-refractivity contribution < 1.29 is 19.0 Å². The highest BCUT2D eigenvalue weighted by Gasteiger charge is 2.53. The second-order valence-electron chi connectivity index (χ2n) is 7.55. The summed E-state index contributed by atoms with van der Waals surface area (Å²) in [5.74, 6) is 2.36. The first-order valence-electron chi connectivity index (χ1n) is 9.66. The fourth-order valence-electron chi connectivity index (χ4n) is 4.45. The Hall–Kier alpha value is -2.69. The lowest BCUT2D eigenvalue weighted by molar-refractivity contribution is -0.169. The van der Waals surface area contributed by atoms with Gasteiger partial charge < -0.3 is 19.1 Å². The molecule has 0 N–H and O–H groups in total. The summed E-state index contributed by atoms with van der Waals surface area (Å²) in [5, 5.41) is 0. The number of likely N-dealkylation sites (tertiary alicyclic amines) is 1. The Balaban J connectivity index is 1.48. The van der Waals surface area contributed by atoms with Crippen molar-refractivity contribution in [3.05, 3.63) is 53.6 Å². The molecule has 5 heteroatoms. The molecule has 2 fully saturated rings. The van der Waals surface area contributed by atoms with Crippen molar-refractivity contribution in [2.45, 2.75) is 50.8 Å². The van der Waals surface area contributed by atoms with Crippen LogP contribution in [0.25, 0.3) is 0 Å². The molecular weight excluding hydrogens is 342 g/mol. The summed E-state index contributed by atoms with van der Waals surface area (Å²) < 4.78 is 17.2. The summed E-state index contributed by atoms with van der Waals surface area (Å²) in [4.78, 5) is 15.1. The highest BCUT2D eigenvalue weighted by atomic mass is 16.7. The van der Waals surface area contributed by atoms with Crippen molar-refractivity contribution in [3.8, 4) is 17.2 Å². The molecule has 0 radical (unpaired) electrons. The molecule has 1 saturated carbocycles. The first-order chi connectivity index (χ1) is 13.2. The molecule has 2 aromatic rings. The number of amides is 1. The molecule has 0 aromatic heterocycles. The Morgan fingerprint density at radius 3 is 2.63 bits per heavy atom. The largest absolute Gasteiger partial charge is 0.478 e. The zero-order valence-corrected chi connectivity index (χ0v) is 15.4. The first-order valence-corrected chi connectivity index (χ1v) is 9.66. The summed E-state index contributed by atoms with van der Waals surface area (Å²) in [5.41, 5.74) is 2.08. The molecule has 2 aliphatic heterocycles. The van der Waals surface area contributed by atoms with Gasteiger partial charge in [-0.2, -0.15) is 0 Å². The number of nitrogens with zero attached hydrogens (tertiary/aromatic N) is 1.